The number of anilines is 1. The van der Waals surface area contributed by atoms with Gasteiger partial charge in [0.15, 0.2) is 0 Å². The number of amides is 2. The van der Waals surface area contributed by atoms with Crippen LogP contribution in [-0.2, 0) is 6.54 Å². The van der Waals surface area contributed by atoms with E-state index in [2.05, 4.69) is 9.88 Å². The molecule has 3 aromatic carbocycles. The van der Waals surface area contributed by atoms with E-state index in [0.29, 0.717) is 23.0 Å². The minimum atomic E-state index is -0.412. The predicted octanol–water partition coefficient (Wildman–Crippen LogP) is 7.08. The summed E-state index contributed by atoms with van der Waals surface area (Å²) in [5.41, 5.74) is 6.24. The molecule has 0 radical (unpaired) electrons. The van der Waals surface area contributed by atoms with Crippen LogP contribution in [0.3, 0.4) is 0 Å². The Morgan fingerprint density at radius 1 is 1.00 bits per heavy atom. The molecule has 2 amide bonds. The van der Waals surface area contributed by atoms with Crippen LogP contribution in [0.5, 0.6) is 5.75 Å². The van der Waals surface area contributed by atoms with Gasteiger partial charge in [0.05, 0.1) is 42.5 Å². The number of methoxy groups -OCH3 is 1. The van der Waals surface area contributed by atoms with Crippen LogP contribution < -0.4 is 10.1 Å². The number of rotatable bonds is 4. The quantitative estimate of drug-likeness (QED) is 0.266. The predicted molar refractivity (Wildman–Crippen MR) is 153 cm³/mol. The molecule has 2 aromatic heterocycles. The van der Waals surface area contributed by atoms with Crippen molar-refractivity contribution < 1.29 is 9.53 Å². The zero-order valence-electron chi connectivity index (χ0n) is 21.9. The maximum absolute atomic E-state index is 14.2. The summed E-state index contributed by atoms with van der Waals surface area (Å²) in [6, 6.07) is 26.8. The van der Waals surface area contributed by atoms with Gasteiger partial charge in [0.2, 0.25) is 0 Å². The molecule has 0 bridgehead atoms. The lowest BCUT2D eigenvalue weighted by atomic mass is 10.0. The van der Waals surface area contributed by atoms with Gasteiger partial charge >= 0.3 is 6.03 Å². The van der Waals surface area contributed by atoms with Gasteiger partial charge < -0.3 is 19.5 Å². The fourth-order valence-corrected chi connectivity index (χ4v) is 5.48. The first-order chi connectivity index (χ1) is 18.9. The Morgan fingerprint density at radius 3 is 2.59 bits per heavy atom. The van der Waals surface area contributed by atoms with Crippen molar-refractivity contribution >= 4 is 23.3 Å². The summed E-state index contributed by atoms with van der Waals surface area (Å²) < 4.78 is 9.63. The lowest BCUT2D eigenvalue weighted by Crippen LogP contribution is -2.38. The summed E-state index contributed by atoms with van der Waals surface area (Å²) in [4.78, 5) is 16.0. The van der Waals surface area contributed by atoms with E-state index in [1.54, 1.807) is 7.11 Å². The average Bonchev–Trinajstić information content (AvgIpc) is 3.49. The normalized spacial score (nSPS) is 14.4. The second kappa shape index (κ2) is 10.0. The SMILES string of the molecule is COc1ccc(C)cc1NC(=O)N1Cc2c(C)nn(-c3ccccc3)c2-n2cccc2[C@H]1c1cccc(Cl)c1. The zero-order valence-corrected chi connectivity index (χ0v) is 22.7. The number of urea groups is 1. The van der Waals surface area contributed by atoms with Crippen LogP contribution in [0.25, 0.3) is 11.5 Å². The van der Waals surface area contributed by atoms with Crippen LogP contribution >= 0.6 is 11.6 Å². The van der Waals surface area contributed by atoms with Gasteiger partial charge in [-0.05, 0) is 73.5 Å². The molecule has 0 saturated heterocycles. The molecule has 6 rings (SSSR count). The van der Waals surface area contributed by atoms with E-state index in [4.69, 9.17) is 21.4 Å². The fourth-order valence-electron chi connectivity index (χ4n) is 5.28. The second-order valence-electron chi connectivity index (χ2n) is 9.66. The Labute approximate surface area is 232 Å². The molecule has 5 aromatic rings. The van der Waals surface area contributed by atoms with Crippen molar-refractivity contribution in [2.75, 3.05) is 12.4 Å². The monoisotopic (exact) mass is 537 g/mol. The Kier molecular flexibility index (Phi) is 6.37. The fraction of sp³-hybridized carbons (Fsp3) is 0.161. The lowest BCUT2D eigenvalue weighted by Gasteiger charge is -2.31. The van der Waals surface area contributed by atoms with Crippen LogP contribution in [0.4, 0.5) is 10.5 Å². The van der Waals surface area contributed by atoms with E-state index in [1.165, 1.54) is 0 Å². The van der Waals surface area contributed by atoms with Gasteiger partial charge in [0.1, 0.15) is 11.6 Å². The number of hydrogen-bond acceptors (Lipinski definition) is 3. The summed E-state index contributed by atoms with van der Waals surface area (Å²) in [5, 5.41) is 8.64. The molecular weight excluding hydrogens is 510 g/mol. The van der Waals surface area contributed by atoms with E-state index in [0.717, 1.165) is 39.6 Å². The number of aromatic nitrogens is 3. The Bertz CT molecular complexity index is 1670. The second-order valence-corrected chi connectivity index (χ2v) is 10.1. The van der Waals surface area contributed by atoms with E-state index in [-0.39, 0.29) is 6.03 Å². The highest BCUT2D eigenvalue weighted by Gasteiger charge is 2.36. The average molecular weight is 538 g/mol. The number of para-hydroxylation sites is 1. The van der Waals surface area contributed by atoms with Crippen molar-refractivity contribution in [1.82, 2.24) is 19.2 Å². The van der Waals surface area contributed by atoms with Crippen LogP contribution in [0.2, 0.25) is 5.02 Å². The smallest absolute Gasteiger partial charge is 0.323 e. The molecule has 39 heavy (non-hydrogen) atoms. The van der Waals surface area contributed by atoms with Crippen LogP contribution in [0.1, 0.15) is 34.1 Å². The standard InChI is InChI=1S/C31H28ClN5O2/c1-20-14-15-28(39-3)26(17-20)33-31(38)36-19-25-21(2)34-37(24-11-5-4-6-12-24)30(25)35-16-8-13-27(35)29(36)22-9-7-10-23(32)18-22/h4-18,29H,19H2,1-3H3,(H,33,38)/t29-/m1/s1. The van der Waals surface area contributed by atoms with Crippen LogP contribution in [0, 0.1) is 13.8 Å². The molecule has 196 valence electrons. The van der Waals surface area contributed by atoms with Gasteiger partial charge in [-0.3, -0.25) is 0 Å². The van der Waals surface area contributed by atoms with Crippen LogP contribution in [-0.4, -0.2) is 32.4 Å². The number of ether oxygens (including phenoxy) is 1. The molecule has 0 unspecified atom stereocenters. The Hall–Kier alpha value is -4.49. The highest BCUT2D eigenvalue weighted by Crippen LogP contribution is 2.39. The third-order valence-corrected chi connectivity index (χ3v) is 7.34. The number of aryl methyl sites for hydroxylation is 2. The van der Waals surface area contributed by atoms with Gasteiger partial charge in [-0.25, -0.2) is 9.48 Å². The highest BCUT2D eigenvalue weighted by molar-refractivity contribution is 6.30. The van der Waals surface area contributed by atoms with E-state index >= 15 is 0 Å². The number of carbonyl (C=O) groups is 1. The first-order valence-corrected chi connectivity index (χ1v) is 13.1. The van der Waals surface area contributed by atoms with Gasteiger partial charge in [-0.15, -0.1) is 0 Å². The lowest BCUT2D eigenvalue weighted by molar-refractivity contribution is 0.194. The number of benzene rings is 3. The number of hydrogen-bond donors (Lipinski definition) is 1. The van der Waals surface area contributed by atoms with Gasteiger partial charge in [0.25, 0.3) is 0 Å². The Balaban J connectivity index is 1.54. The molecule has 0 fully saturated rings. The van der Waals surface area contributed by atoms with E-state index in [9.17, 15) is 4.79 Å². The summed E-state index contributed by atoms with van der Waals surface area (Å²) in [6.45, 7) is 4.31. The van der Waals surface area contributed by atoms with Crippen molar-refractivity contribution in [1.29, 1.82) is 0 Å². The van der Waals surface area contributed by atoms with Crippen molar-refractivity contribution in [3.8, 4) is 17.3 Å². The molecule has 7 nitrogen and oxygen atoms in total. The van der Waals surface area contributed by atoms with Crippen LogP contribution in [0.15, 0.2) is 91.1 Å². The minimum absolute atomic E-state index is 0.253. The molecule has 1 N–H and O–H groups in total. The molecule has 1 aliphatic rings. The molecule has 1 atom stereocenters. The maximum Gasteiger partial charge on any atom is 0.323 e. The zero-order chi connectivity index (χ0) is 27.1. The molecule has 1 aliphatic heterocycles. The number of nitrogens with one attached hydrogen (secondary N) is 1. The number of fused-ring (bicyclic) bond motifs is 3. The minimum Gasteiger partial charge on any atom is -0.495 e. The number of halogens is 1. The molecule has 0 spiro atoms. The summed E-state index contributed by atoms with van der Waals surface area (Å²) in [5.74, 6) is 1.51. The number of nitrogens with zero attached hydrogens (tertiary/aromatic N) is 4. The van der Waals surface area contributed by atoms with E-state index < -0.39 is 6.04 Å². The van der Waals surface area contributed by atoms with Crippen molar-refractivity contribution in [2.45, 2.75) is 26.4 Å². The molecule has 0 aliphatic carbocycles. The van der Waals surface area contributed by atoms with E-state index in [1.807, 2.05) is 115 Å². The van der Waals surface area contributed by atoms with Gasteiger partial charge in [0, 0.05) is 16.8 Å². The first kappa shape index (κ1) is 24.8. The van der Waals surface area contributed by atoms with Gasteiger partial charge in [-0.2, -0.15) is 5.10 Å². The maximum atomic E-state index is 14.2. The summed E-state index contributed by atoms with van der Waals surface area (Å²) in [7, 11) is 1.60. The summed E-state index contributed by atoms with van der Waals surface area (Å²) >= 11 is 6.46. The summed E-state index contributed by atoms with van der Waals surface area (Å²) in [6.07, 6.45) is 2.03. The molecular formula is C31H28ClN5O2. The van der Waals surface area contributed by atoms with Gasteiger partial charge in [-0.1, -0.05) is 48.0 Å². The topological polar surface area (TPSA) is 64.3 Å². The largest absolute Gasteiger partial charge is 0.495 e. The highest BCUT2D eigenvalue weighted by atomic mass is 35.5. The van der Waals surface area contributed by atoms with Crippen molar-refractivity contribution in [3.63, 3.8) is 0 Å². The molecule has 3 heterocycles. The Morgan fingerprint density at radius 2 is 1.82 bits per heavy atom. The van der Waals surface area contributed by atoms with Crippen molar-refractivity contribution in [3.05, 3.63) is 124 Å². The molecule has 0 saturated carbocycles. The third-order valence-electron chi connectivity index (χ3n) is 7.11. The number of carbonyl (C=O) groups excluding carboxylic acids is 1. The third kappa shape index (κ3) is 4.45. The first-order valence-electron chi connectivity index (χ1n) is 12.7. The molecule has 8 heteroatoms. The van der Waals surface area contributed by atoms with Crippen molar-refractivity contribution in [2.24, 2.45) is 0 Å².